The first-order chi connectivity index (χ1) is 8.56. The third kappa shape index (κ3) is 2.78. The van der Waals surface area contributed by atoms with Crippen LogP contribution in [0.15, 0.2) is 18.2 Å². The summed E-state index contributed by atoms with van der Waals surface area (Å²) in [5.74, 6) is -0.0672. The molecule has 2 rings (SSSR count). The maximum atomic E-state index is 11.3. The quantitative estimate of drug-likeness (QED) is 0.684. The summed E-state index contributed by atoms with van der Waals surface area (Å²) in [4.78, 5) is 22.0. The molecule has 2 amide bonds. The lowest BCUT2D eigenvalue weighted by atomic mass is 10.0. The molecule has 5 N–H and O–H groups in total. The van der Waals surface area contributed by atoms with Gasteiger partial charge in [-0.25, -0.2) is 0 Å². The van der Waals surface area contributed by atoms with Crippen molar-refractivity contribution in [3.05, 3.63) is 23.8 Å². The normalized spacial score (nSPS) is 15.5. The van der Waals surface area contributed by atoms with Gasteiger partial charge in [-0.1, -0.05) is 6.07 Å². The molecule has 1 atom stereocenters. The summed E-state index contributed by atoms with van der Waals surface area (Å²) in [5.41, 5.74) is 12.3. The van der Waals surface area contributed by atoms with Crippen molar-refractivity contribution in [2.45, 2.75) is 18.9 Å². The molecule has 0 saturated carbocycles. The summed E-state index contributed by atoms with van der Waals surface area (Å²) >= 11 is 0. The molecule has 0 aromatic heterocycles. The van der Waals surface area contributed by atoms with Crippen LogP contribution in [0.4, 0.5) is 5.69 Å². The number of ether oxygens (including phenoxy) is 1. The number of anilines is 1. The molecule has 6 heteroatoms. The number of hydrogen-bond donors (Lipinski definition) is 3. The second kappa shape index (κ2) is 5.05. The van der Waals surface area contributed by atoms with E-state index in [9.17, 15) is 9.59 Å². The van der Waals surface area contributed by atoms with Crippen molar-refractivity contribution in [3.63, 3.8) is 0 Å². The van der Waals surface area contributed by atoms with Gasteiger partial charge in [0.25, 0.3) is 0 Å². The highest BCUT2D eigenvalue weighted by Crippen LogP contribution is 2.27. The van der Waals surface area contributed by atoms with E-state index in [4.69, 9.17) is 16.2 Å². The molecule has 1 aliphatic heterocycles. The first-order valence-electron chi connectivity index (χ1n) is 5.67. The molecule has 0 aliphatic carbocycles. The summed E-state index contributed by atoms with van der Waals surface area (Å²) < 4.78 is 5.35. The minimum atomic E-state index is -0.837. The Morgan fingerprint density at radius 2 is 2.22 bits per heavy atom. The molecular formula is C12H15N3O3. The third-order valence-electron chi connectivity index (χ3n) is 2.77. The number of amides is 2. The molecule has 1 heterocycles. The van der Waals surface area contributed by atoms with Gasteiger partial charge in [0.2, 0.25) is 11.8 Å². The molecule has 1 aromatic rings. The molecule has 1 unspecified atom stereocenters. The zero-order valence-electron chi connectivity index (χ0n) is 9.81. The highest BCUT2D eigenvalue weighted by Gasteiger charge is 2.16. The molecule has 0 fully saturated rings. The Balaban J connectivity index is 2.04. The lowest BCUT2D eigenvalue weighted by molar-refractivity contribution is -0.120. The van der Waals surface area contributed by atoms with E-state index in [1.54, 1.807) is 12.1 Å². The van der Waals surface area contributed by atoms with Crippen LogP contribution in [0.2, 0.25) is 0 Å². The van der Waals surface area contributed by atoms with Crippen LogP contribution in [-0.2, 0) is 16.0 Å². The number of primary amides is 1. The van der Waals surface area contributed by atoms with Gasteiger partial charge in [-0.05, 0) is 18.1 Å². The maximum absolute atomic E-state index is 11.3. The Bertz CT molecular complexity index is 487. The minimum absolute atomic E-state index is 0.00603. The molecule has 1 aromatic carbocycles. The van der Waals surface area contributed by atoms with Crippen molar-refractivity contribution in [1.82, 2.24) is 0 Å². The van der Waals surface area contributed by atoms with E-state index in [-0.39, 0.29) is 12.5 Å². The van der Waals surface area contributed by atoms with E-state index < -0.39 is 11.9 Å². The molecule has 0 spiro atoms. The number of benzene rings is 1. The van der Waals surface area contributed by atoms with Crippen LogP contribution >= 0.6 is 0 Å². The smallest absolute Gasteiger partial charge is 0.237 e. The zero-order chi connectivity index (χ0) is 13.1. The molecule has 0 radical (unpaired) electrons. The average molecular weight is 249 g/mol. The predicted molar refractivity (Wildman–Crippen MR) is 66.1 cm³/mol. The first kappa shape index (κ1) is 12.4. The van der Waals surface area contributed by atoms with Crippen molar-refractivity contribution in [2.24, 2.45) is 11.5 Å². The lowest BCUT2D eigenvalue weighted by Gasteiger charge is -2.18. The molecule has 0 bridgehead atoms. The molecule has 0 saturated heterocycles. The lowest BCUT2D eigenvalue weighted by Crippen LogP contribution is -2.41. The monoisotopic (exact) mass is 249 g/mol. The number of carbonyl (C=O) groups is 2. The van der Waals surface area contributed by atoms with Crippen LogP contribution in [0.1, 0.15) is 12.0 Å². The van der Waals surface area contributed by atoms with Crippen LogP contribution in [0.3, 0.4) is 0 Å². The summed E-state index contributed by atoms with van der Waals surface area (Å²) in [6, 6.07) is 4.56. The van der Waals surface area contributed by atoms with Crippen molar-refractivity contribution >= 4 is 17.5 Å². The molecule has 18 heavy (non-hydrogen) atoms. The first-order valence-corrected chi connectivity index (χ1v) is 5.67. The summed E-state index contributed by atoms with van der Waals surface area (Å²) in [6.45, 7) is 0.0159. The van der Waals surface area contributed by atoms with E-state index in [0.717, 1.165) is 17.7 Å². The number of nitrogens with two attached hydrogens (primary N) is 2. The molecule has 6 nitrogen and oxygen atoms in total. The third-order valence-corrected chi connectivity index (χ3v) is 2.77. The predicted octanol–water partition coefficient (Wildman–Crippen LogP) is -0.237. The van der Waals surface area contributed by atoms with Crippen molar-refractivity contribution in [3.8, 4) is 5.75 Å². The SMILES string of the molecule is NC(=O)C(N)COc1ccc2c(c1)NC(=O)CC2. The Labute approximate surface area is 104 Å². The largest absolute Gasteiger partial charge is 0.491 e. The van der Waals surface area contributed by atoms with Gasteiger partial charge in [-0.2, -0.15) is 0 Å². The standard InChI is InChI=1S/C12H15N3O3/c13-9(12(14)17)6-18-8-3-1-7-2-4-11(16)15-10(7)5-8/h1,3,5,9H,2,4,6,13H2,(H2,14,17)(H,15,16). The van der Waals surface area contributed by atoms with Crippen LogP contribution in [-0.4, -0.2) is 24.5 Å². The van der Waals surface area contributed by atoms with E-state index in [0.29, 0.717) is 12.2 Å². The van der Waals surface area contributed by atoms with Crippen LogP contribution in [0, 0.1) is 0 Å². The maximum Gasteiger partial charge on any atom is 0.237 e. The number of hydrogen-bond acceptors (Lipinski definition) is 4. The number of carbonyl (C=O) groups excluding carboxylic acids is 2. The molecule has 1 aliphatic rings. The summed E-state index contributed by atoms with van der Waals surface area (Å²) in [5, 5.41) is 2.77. The second-order valence-electron chi connectivity index (χ2n) is 4.19. The number of aryl methyl sites for hydroxylation is 1. The van der Waals surface area contributed by atoms with E-state index in [1.165, 1.54) is 0 Å². The Morgan fingerprint density at radius 1 is 1.44 bits per heavy atom. The minimum Gasteiger partial charge on any atom is -0.491 e. The fourth-order valence-corrected chi connectivity index (χ4v) is 1.71. The van der Waals surface area contributed by atoms with Crippen LogP contribution in [0.25, 0.3) is 0 Å². The van der Waals surface area contributed by atoms with Crippen LogP contribution < -0.4 is 21.5 Å². The topological polar surface area (TPSA) is 107 Å². The van der Waals surface area contributed by atoms with E-state index in [2.05, 4.69) is 5.32 Å². The Morgan fingerprint density at radius 3 is 2.94 bits per heavy atom. The zero-order valence-corrected chi connectivity index (χ0v) is 9.81. The van der Waals surface area contributed by atoms with Gasteiger partial charge in [0.1, 0.15) is 18.4 Å². The highest BCUT2D eigenvalue weighted by atomic mass is 16.5. The van der Waals surface area contributed by atoms with Gasteiger partial charge in [-0.3, -0.25) is 9.59 Å². The van der Waals surface area contributed by atoms with Gasteiger partial charge in [0.15, 0.2) is 0 Å². The van der Waals surface area contributed by atoms with Crippen molar-refractivity contribution in [1.29, 1.82) is 0 Å². The van der Waals surface area contributed by atoms with Gasteiger partial charge < -0.3 is 21.5 Å². The average Bonchev–Trinajstić information content (AvgIpc) is 2.35. The Kier molecular flexibility index (Phi) is 3.47. The highest BCUT2D eigenvalue weighted by molar-refractivity contribution is 5.94. The number of fused-ring (bicyclic) bond motifs is 1. The van der Waals surface area contributed by atoms with Gasteiger partial charge >= 0.3 is 0 Å². The van der Waals surface area contributed by atoms with E-state index in [1.807, 2.05) is 6.07 Å². The fourth-order valence-electron chi connectivity index (χ4n) is 1.71. The molecule has 96 valence electrons. The van der Waals surface area contributed by atoms with Crippen LogP contribution in [0.5, 0.6) is 5.75 Å². The van der Waals surface area contributed by atoms with Crippen molar-refractivity contribution in [2.75, 3.05) is 11.9 Å². The fraction of sp³-hybridized carbons (Fsp3) is 0.333. The van der Waals surface area contributed by atoms with Gasteiger partial charge in [-0.15, -0.1) is 0 Å². The van der Waals surface area contributed by atoms with Crippen molar-refractivity contribution < 1.29 is 14.3 Å². The van der Waals surface area contributed by atoms with Gasteiger partial charge in [0, 0.05) is 18.2 Å². The van der Waals surface area contributed by atoms with E-state index >= 15 is 0 Å². The number of nitrogens with one attached hydrogen (secondary N) is 1. The molecular weight excluding hydrogens is 234 g/mol. The summed E-state index contributed by atoms with van der Waals surface area (Å²) in [7, 11) is 0. The summed E-state index contributed by atoms with van der Waals surface area (Å²) in [6.07, 6.45) is 1.22. The second-order valence-corrected chi connectivity index (χ2v) is 4.19. The Hall–Kier alpha value is -2.08. The number of rotatable bonds is 4. The van der Waals surface area contributed by atoms with Gasteiger partial charge in [0.05, 0.1) is 0 Å².